The minimum atomic E-state index is -0.180. The first kappa shape index (κ1) is 13.4. The predicted molar refractivity (Wildman–Crippen MR) is 67.1 cm³/mol. The quantitative estimate of drug-likeness (QED) is 0.773. The van der Waals surface area contributed by atoms with Gasteiger partial charge >= 0.3 is 0 Å². The number of carbonyl (C=O) groups is 1. The van der Waals surface area contributed by atoms with Crippen LogP contribution in [-0.4, -0.2) is 47.6 Å². The lowest BCUT2D eigenvalue weighted by molar-refractivity contribution is 0.0761. The van der Waals surface area contributed by atoms with Crippen molar-refractivity contribution in [2.75, 3.05) is 32.1 Å². The molecule has 0 atom stereocenters. The molecule has 0 aliphatic carbocycles. The molecular weight excluding hydrogens is 218 g/mol. The van der Waals surface area contributed by atoms with E-state index in [-0.39, 0.29) is 12.5 Å². The summed E-state index contributed by atoms with van der Waals surface area (Å²) in [6.45, 7) is 3.25. The van der Waals surface area contributed by atoms with Crippen molar-refractivity contribution in [1.82, 2.24) is 9.88 Å². The number of hydrogen-bond donors (Lipinski definition) is 2. The molecule has 5 heteroatoms. The van der Waals surface area contributed by atoms with Gasteiger partial charge in [-0.1, -0.05) is 6.92 Å². The van der Waals surface area contributed by atoms with Crippen molar-refractivity contribution >= 4 is 11.6 Å². The standard InChI is InChI=1S/C12H19N3O2/c1-3-6-13-10-4-5-11(14-9-10)12(17)15(2)7-8-16/h4-5,9,13,16H,3,6-8H2,1-2H3. The molecule has 1 rings (SSSR count). The third kappa shape index (κ3) is 4.03. The molecule has 0 saturated carbocycles. The third-order valence-corrected chi connectivity index (χ3v) is 2.34. The highest BCUT2D eigenvalue weighted by Gasteiger charge is 2.11. The number of nitrogens with one attached hydrogen (secondary N) is 1. The van der Waals surface area contributed by atoms with Gasteiger partial charge in [0.15, 0.2) is 0 Å². The van der Waals surface area contributed by atoms with E-state index in [1.54, 1.807) is 19.3 Å². The van der Waals surface area contributed by atoms with Gasteiger partial charge in [0.2, 0.25) is 0 Å². The van der Waals surface area contributed by atoms with E-state index >= 15 is 0 Å². The number of aromatic nitrogens is 1. The Bertz CT molecular complexity index is 351. The van der Waals surface area contributed by atoms with E-state index in [0.29, 0.717) is 12.2 Å². The van der Waals surface area contributed by atoms with Gasteiger partial charge in [0.25, 0.3) is 5.91 Å². The Hall–Kier alpha value is -1.62. The van der Waals surface area contributed by atoms with Gasteiger partial charge in [-0.2, -0.15) is 0 Å². The average molecular weight is 237 g/mol. The van der Waals surface area contributed by atoms with Crippen LogP contribution in [0.15, 0.2) is 18.3 Å². The maximum absolute atomic E-state index is 11.8. The molecule has 0 saturated heterocycles. The number of carbonyl (C=O) groups excluding carboxylic acids is 1. The van der Waals surface area contributed by atoms with Gasteiger partial charge in [0.05, 0.1) is 18.5 Å². The van der Waals surface area contributed by atoms with Gasteiger partial charge in [-0.25, -0.2) is 4.98 Å². The third-order valence-electron chi connectivity index (χ3n) is 2.34. The van der Waals surface area contributed by atoms with Crippen LogP contribution in [0.4, 0.5) is 5.69 Å². The van der Waals surface area contributed by atoms with Crippen molar-refractivity contribution in [3.05, 3.63) is 24.0 Å². The first-order valence-electron chi connectivity index (χ1n) is 5.75. The van der Waals surface area contributed by atoms with E-state index in [1.165, 1.54) is 4.90 Å². The summed E-state index contributed by atoms with van der Waals surface area (Å²) < 4.78 is 0. The Morgan fingerprint density at radius 3 is 2.82 bits per heavy atom. The fourth-order valence-electron chi connectivity index (χ4n) is 1.34. The van der Waals surface area contributed by atoms with Crippen LogP contribution in [0.1, 0.15) is 23.8 Å². The van der Waals surface area contributed by atoms with Crippen molar-refractivity contribution in [2.24, 2.45) is 0 Å². The van der Waals surface area contributed by atoms with Gasteiger partial charge in [0, 0.05) is 20.1 Å². The fourth-order valence-corrected chi connectivity index (χ4v) is 1.34. The first-order chi connectivity index (χ1) is 8.19. The Balaban J connectivity index is 2.63. The van der Waals surface area contributed by atoms with E-state index in [0.717, 1.165) is 18.7 Å². The Morgan fingerprint density at radius 1 is 1.53 bits per heavy atom. The van der Waals surface area contributed by atoms with Crippen LogP contribution >= 0.6 is 0 Å². The van der Waals surface area contributed by atoms with Crippen molar-refractivity contribution in [1.29, 1.82) is 0 Å². The number of pyridine rings is 1. The molecule has 0 unspecified atom stereocenters. The smallest absolute Gasteiger partial charge is 0.272 e. The molecule has 1 heterocycles. The van der Waals surface area contributed by atoms with Crippen molar-refractivity contribution < 1.29 is 9.90 Å². The number of anilines is 1. The lowest BCUT2D eigenvalue weighted by atomic mass is 10.3. The summed E-state index contributed by atoms with van der Waals surface area (Å²) in [5.74, 6) is -0.180. The molecule has 0 aromatic carbocycles. The second-order valence-electron chi connectivity index (χ2n) is 3.81. The molecule has 0 bridgehead atoms. The topological polar surface area (TPSA) is 65.5 Å². The minimum Gasteiger partial charge on any atom is -0.395 e. The number of likely N-dealkylation sites (N-methyl/N-ethyl adjacent to an activating group) is 1. The summed E-state index contributed by atoms with van der Waals surface area (Å²) in [5, 5.41) is 11.9. The number of aliphatic hydroxyl groups excluding tert-OH is 1. The van der Waals surface area contributed by atoms with Crippen LogP contribution in [0.25, 0.3) is 0 Å². The number of aliphatic hydroxyl groups is 1. The zero-order valence-corrected chi connectivity index (χ0v) is 10.3. The highest BCUT2D eigenvalue weighted by molar-refractivity contribution is 5.92. The van der Waals surface area contributed by atoms with Crippen LogP contribution in [0.5, 0.6) is 0 Å². The number of nitrogens with zero attached hydrogens (tertiary/aromatic N) is 2. The maximum atomic E-state index is 11.8. The Morgan fingerprint density at radius 2 is 2.29 bits per heavy atom. The highest BCUT2D eigenvalue weighted by atomic mass is 16.3. The molecular formula is C12H19N3O2. The highest BCUT2D eigenvalue weighted by Crippen LogP contribution is 2.07. The molecule has 1 aromatic rings. The van der Waals surface area contributed by atoms with E-state index in [2.05, 4.69) is 17.2 Å². The van der Waals surface area contributed by atoms with Crippen LogP contribution in [0.2, 0.25) is 0 Å². The Kier molecular flexibility index (Phi) is 5.42. The second-order valence-corrected chi connectivity index (χ2v) is 3.81. The number of rotatable bonds is 6. The molecule has 0 fully saturated rings. The van der Waals surface area contributed by atoms with E-state index in [1.807, 2.05) is 6.07 Å². The van der Waals surface area contributed by atoms with Crippen LogP contribution in [0.3, 0.4) is 0 Å². The van der Waals surface area contributed by atoms with E-state index in [4.69, 9.17) is 5.11 Å². The molecule has 17 heavy (non-hydrogen) atoms. The van der Waals surface area contributed by atoms with Gasteiger partial charge < -0.3 is 15.3 Å². The van der Waals surface area contributed by atoms with Crippen molar-refractivity contribution in [2.45, 2.75) is 13.3 Å². The summed E-state index contributed by atoms with van der Waals surface area (Å²) in [5.41, 5.74) is 1.30. The summed E-state index contributed by atoms with van der Waals surface area (Å²) >= 11 is 0. The van der Waals surface area contributed by atoms with Gasteiger partial charge in [-0.05, 0) is 18.6 Å². The molecule has 0 aliphatic heterocycles. The van der Waals surface area contributed by atoms with Gasteiger partial charge in [0.1, 0.15) is 5.69 Å². The molecule has 1 aromatic heterocycles. The summed E-state index contributed by atoms with van der Waals surface area (Å²) in [4.78, 5) is 17.3. The normalized spacial score (nSPS) is 10.1. The fraction of sp³-hybridized carbons (Fsp3) is 0.500. The average Bonchev–Trinajstić information content (AvgIpc) is 2.36. The van der Waals surface area contributed by atoms with Crippen molar-refractivity contribution in [3.8, 4) is 0 Å². The minimum absolute atomic E-state index is 0.0433. The molecule has 0 aliphatic rings. The summed E-state index contributed by atoms with van der Waals surface area (Å²) in [6.07, 6.45) is 2.69. The summed E-state index contributed by atoms with van der Waals surface area (Å²) in [7, 11) is 1.64. The zero-order chi connectivity index (χ0) is 12.7. The van der Waals surface area contributed by atoms with Crippen LogP contribution in [-0.2, 0) is 0 Å². The number of hydrogen-bond acceptors (Lipinski definition) is 4. The monoisotopic (exact) mass is 237 g/mol. The van der Waals surface area contributed by atoms with Crippen molar-refractivity contribution in [3.63, 3.8) is 0 Å². The lowest BCUT2D eigenvalue weighted by Gasteiger charge is -2.15. The molecule has 2 N–H and O–H groups in total. The van der Waals surface area contributed by atoms with E-state index < -0.39 is 0 Å². The largest absolute Gasteiger partial charge is 0.395 e. The molecule has 0 spiro atoms. The predicted octanol–water partition coefficient (Wildman–Crippen LogP) is 0.968. The van der Waals surface area contributed by atoms with E-state index in [9.17, 15) is 4.79 Å². The van der Waals surface area contributed by atoms with Gasteiger partial charge in [-0.3, -0.25) is 4.79 Å². The number of amides is 1. The molecule has 5 nitrogen and oxygen atoms in total. The van der Waals surface area contributed by atoms with Crippen LogP contribution < -0.4 is 5.32 Å². The molecule has 0 radical (unpaired) electrons. The molecule has 94 valence electrons. The zero-order valence-electron chi connectivity index (χ0n) is 10.3. The van der Waals surface area contributed by atoms with Crippen LogP contribution in [0, 0.1) is 0 Å². The Labute approximate surface area is 101 Å². The second kappa shape index (κ2) is 6.85. The first-order valence-corrected chi connectivity index (χ1v) is 5.75. The maximum Gasteiger partial charge on any atom is 0.272 e. The van der Waals surface area contributed by atoms with Gasteiger partial charge in [-0.15, -0.1) is 0 Å². The molecule has 1 amide bonds. The summed E-state index contributed by atoms with van der Waals surface area (Å²) in [6, 6.07) is 3.52. The SMILES string of the molecule is CCCNc1ccc(C(=O)N(C)CCO)nc1. The lowest BCUT2D eigenvalue weighted by Crippen LogP contribution is -2.30.